The van der Waals surface area contributed by atoms with Crippen molar-refractivity contribution in [3.63, 3.8) is 0 Å². The summed E-state index contributed by atoms with van der Waals surface area (Å²) in [5, 5.41) is 3.10. The van der Waals surface area contributed by atoms with Crippen molar-refractivity contribution in [2.75, 3.05) is 13.2 Å². The van der Waals surface area contributed by atoms with Gasteiger partial charge in [-0.2, -0.15) is 0 Å². The fourth-order valence-corrected chi connectivity index (χ4v) is 1.55. The molecule has 0 aliphatic heterocycles. The smallest absolute Gasteiger partial charge is 0.257 e. The highest BCUT2D eigenvalue weighted by Gasteiger charge is 2.07. The number of hydrogen-bond donors (Lipinski definition) is 2. The van der Waals surface area contributed by atoms with Crippen LogP contribution in [0.15, 0.2) is 18.2 Å². The average molecular weight is 257 g/mol. The summed E-state index contributed by atoms with van der Waals surface area (Å²) in [4.78, 5) is 11.2. The van der Waals surface area contributed by atoms with Crippen LogP contribution in [0, 0.1) is 0 Å². The van der Waals surface area contributed by atoms with Gasteiger partial charge in [0.1, 0.15) is 5.75 Å². The SMILES string of the molecule is CCNC(=O)COc1ccc(C(C)N)cc1Cl. The van der Waals surface area contributed by atoms with Gasteiger partial charge in [-0.15, -0.1) is 0 Å². The summed E-state index contributed by atoms with van der Waals surface area (Å²) in [6.07, 6.45) is 0. The lowest BCUT2D eigenvalue weighted by Crippen LogP contribution is -2.28. The highest BCUT2D eigenvalue weighted by atomic mass is 35.5. The summed E-state index contributed by atoms with van der Waals surface area (Å²) in [6.45, 7) is 4.27. The molecule has 1 rings (SSSR count). The normalized spacial score (nSPS) is 12.0. The number of ether oxygens (including phenoxy) is 1. The van der Waals surface area contributed by atoms with Crippen LogP contribution in [0.1, 0.15) is 25.5 Å². The van der Waals surface area contributed by atoms with E-state index in [4.69, 9.17) is 22.1 Å². The third-order valence-electron chi connectivity index (χ3n) is 2.21. The van der Waals surface area contributed by atoms with Gasteiger partial charge in [-0.25, -0.2) is 0 Å². The molecule has 0 spiro atoms. The molecule has 4 nitrogen and oxygen atoms in total. The molecule has 1 atom stereocenters. The topological polar surface area (TPSA) is 64.3 Å². The van der Waals surface area contributed by atoms with Gasteiger partial charge in [0.05, 0.1) is 5.02 Å². The second-order valence-electron chi connectivity index (χ2n) is 3.72. The Balaban J connectivity index is 2.63. The lowest BCUT2D eigenvalue weighted by molar-refractivity contribution is -0.122. The van der Waals surface area contributed by atoms with Gasteiger partial charge in [-0.3, -0.25) is 4.79 Å². The van der Waals surface area contributed by atoms with Crippen molar-refractivity contribution in [2.45, 2.75) is 19.9 Å². The lowest BCUT2D eigenvalue weighted by atomic mass is 10.1. The zero-order valence-electron chi connectivity index (χ0n) is 10.00. The van der Waals surface area contributed by atoms with Gasteiger partial charge in [0, 0.05) is 12.6 Å². The van der Waals surface area contributed by atoms with Crippen molar-refractivity contribution in [1.29, 1.82) is 0 Å². The molecular weight excluding hydrogens is 240 g/mol. The predicted octanol–water partition coefficient (Wildman–Crippen LogP) is 1.87. The van der Waals surface area contributed by atoms with Crippen molar-refractivity contribution in [3.05, 3.63) is 28.8 Å². The maximum atomic E-state index is 11.2. The van der Waals surface area contributed by atoms with Crippen LogP contribution in [0.5, 0.6) is 5.75 Å². The molecule has 1 amide bonds. The van der Waals surface area contributed by atoms with E-state index in [1.54, 1.807) is 12.1 Å². The van der Waals surface area contributed by atoms with Crippen LogP contribution in [0.2, 0.25) is 5.02 Å². The Morgan fingerprint density at radius 2 is 2.29 bits per heavy atom. The number of likely N-dealkylation sites (N-methyl/N-ethyl adjacent to an activating group) is 1. The maximum Gasteiger partial charge on any atom is 0.257 e. The minimum Gasteiger partial charge on any atom is -0.482 e. The number of amides is 1. The predicted molar refractivity (Wildman–Crippen MR) is 68.2 cm³/mol. The monoisotopic (exact) mass is 256 g/mol. The van der Waals surface area contributed by atoms with Gasteiger partial charge >= 0.3 is 0 Å². The number of nitrogens with one attached hydrogen (secondary N) is 1. The molecule has 0 fully saturated rings. The van der Waals surface area contributed by atoms with E-state index < -0.39 is 0 Å². The van der Waals surface area contributed by atoms with Crippen LogP contribution in [0.4, 0.5) is 0 Å². The molecule has 94 valence electrons. The van der Waals surface area contributed by atoms with Crippen LogP contribution in [0.3, 0.4) is 0 Å². The van der Waals surface area contributed by atoms with E-state index in [-0.39, 0.29) is 18.6 Å². The largest absolute Gasteiger partial charge is 0.482 e. The lowest BCUT2D eigenvalue weighted by Gasteiger charge is -2.11. The molecule has 1 unspecified atom stereocenters. The van der Waals surface area contributed by atoms with Crippen molar-refractivity contribution in [1.82, 2.24) is 5.32 Å². The van der Waals surface area contributed by atoms with Gasteiger partial charge in [0.15, 0.2) is 6.61 Å². The van der Waals surface area contributed by atoms with E-state index >= 15 is 0 Å². The average Bonchev–Trinajstić information content (AvgIpc) is 2.27. The molecule has 1 aromatic carbocycles. The summed E-state index contributed by atoms with van der Waals surface area (Å²) in [6, 6.07) is 5.23. The Morgan fingerprint density at radius 3 is 2.82 bits per heavy atom. The van der Waals surface area contributed by atoms with Crippen LogP contribution < -0.4 is 15.8 Å². The molecule has 3 N–H and O–H groups in total. The third kappa shape index (κ3) is 4.24. The molecule has 0 heterocycles. The highest BCUT2D eigenvalue weighted by Crippen LogP contribution is 2.27. The first-order valence-electron chi connectivity index (χ1n) is 5.49. The molecule has 0 aromatic heterocycles. The first-order chi connectivity index (χ1) is 8.04. The first-order valence-corrected chi connectivity index (χ1v) is 5.87. The summed E-state index contributed by atoms with van der Waals surface area (Å²) in [5.41, 5.74) is 6.66. The molecule has 0 bridgehead atoms. The Bertz CT molecular complexity index is 394. The van der Waals surface area contributed by atoms with Gasteiger partial charge in [-0.1, -0.05) is 17.7 Å². The van der Waals surface area contributed by atoms with Crippen molar-refractivity contribution >= 4 is 17.5 Å². The van der Waals surface area contributed by atoms with Crippen molar-refractivity contribution in [2.24, 2.45) is 5.73 Å². The number of benzene rings is 1. The first kappa shape index (κ1) is 13.8. The zero-order chi connectivity index (χ0) is 12.8. The fraction of sp³-hybridized carbons (Fsp3) is 0.417. The number of rotatable bonds is 5. The quantitative estimate of drug-likeness (QED) is 0.845. The molecule has 0 saturated carbocycles. The molecule has 0 saturated heterocycles. The number of hydrogen-bond acceptors (Lipinski definition) is 3. The Hall–Kier alpha value is -1.26. The number of carbonyl (C=O) groups is 1. The van der Waals surface area contributed by atoms with Crippen LogP contribution in [0.25, 0.3) is 0 Å². The fourth-order valence-electron chi connectivity index (χ4n) is 1.31. The van der Waals surface area contributed by atoms with Gasteiger partial charge < -0.3 is 15.8 Å². The number of nitrogens with two attached hydrogens (primary N) is 1. The number of halogens is 1. The summed E-state index contributed by atoms with van der Waals surface area (Å²) in [7, 11) is 0. The zero-order valence-corrected chi connectivity index (χ0v) is 10.8. The molecular formula is C12H17ClN2O2. The van der Waals surface area contributed by atoms with Crippen LogP contribution in [-0.4, -0.2) is 19.1 Å². The molecule has 0 aliphatic rings. The second kappa shape index (κ2) is 6.47. The highest BCUT2D eigenvalue weighted by molar-refractivity contribution is 6.32. The summed E-state index contributed by atoms with van der Waals surface area (Å²) < 4.78 is 5.30. The molecule has 5 heteroatoms. The Labute approximate surface area is 106 Å². The van der Waals surface area contributed by atoms with E-state index in [1.807, 2.05) is 19.9 Å². The number of carbonyl (C=O) groups excluding carboxylic acids is 1. The molecule has 17 heavy (non-hydrogen) atoms. The Kier molecular flexibility index (Phi) is 5.25. The van der Waals surface area contributed by atoms with E-state index in [9.17, 15) is 4.79 Å². The second-order valence-corrected chi connectivity index (χ2v) is 4.13. The van der Waals surface area contributed by atoms with Gasteiger partial charge in [-0.05, 0) is 31.5 Å². The summed E-state index contributed by atoms with van der Waals surface area (Å²) in [5.74, 6) is 0.321. The van der Waals surface area contributed by atoms with E-state index in [0.717, 1.165) is 5.56 Å². The molecule has 0 aliphatic carbocycles. The van der Waals surface area contributed by atoms with E-state index in [2.05, 4.69) is 5.32 Å². The van der Waals surface area contributed by atoms with E-state index in [0.29, 0.717) is 17.3 Å². The summed E-state index contributed by atoms with van der Waals surface area (Å²) >= 11 is 6.02. The molecule has 0 radical (unpaired) electrons. The third-order valence-corrected chi connectivity index (χ3v) is 2.51. The van der Waals surface area contributed by atoms with Crippen LogP contribution >= 0.6 is 11.6 Å². The maximum absolute atomic E-state index is 11.2. The molecule has 1 aromatic rings. The standard InChI is InChI=1S/C12H17ClN2O2/c1-3-15-12(16)7-17-11-5-4-9(8(2)14)6-10(11)13/h4-6,8H,3,7,14H2,1-2H3,(H,15,16). The van der Waals surface area contributed by atoms with Crippen molar-refractivity contribution in [3.8, 4) is 5.75 Å². The van der Waals surface area contributed by atoms with Crippen molar-refractivity contribution < 1.29 is 9.53 Å². The Morgan fingerprint density at radius 1 is 1.59 bits per heavy atom. The minimum absolute atomic E-state index is 0.0366. The van der Waals surface area contributed by atoms with Gasteiger partial charge in [0.25, 0.3) is 5.91 Å². The van der Waals surface area contributed by atoms with E-state index in [1.165, 1.54) is 0 Å². The van der Waals surface area contributed by atoms with Gasteiger partial charge in [0.2, 0.25) is 0 Å². The van der Waals surface area contributed by atoms with Crippen LogP contribution in [-0.2, 0) is 4.79 Å². The minimum atomic E-state index is -0.167.